The third kappa shape index (κ3) is 3.72. The molecular formula is C25H20F2N6O4. The van der Waals surface area contributed by atoms with Gasteiger partial charge >= 0.3 is 5.76 Å². The van der Waals surface area contributed by atoms with Gasteiger partial charge in [0.1, 0.15) is 17.1 Å². The second-order valence-corrected chi connectivity index (χ2v) is 9.24. The largest absolute Gasteiger partial charge is 0.458 e. The van der Waals surface area contributed by atoms with Crippen molar-refractivity contribution in [3.63, 3.8) is 0 Å². The molecule has 0 N–H and O–H groups in total. The zero-order valence-corrected chi connectivity index (χ0v) is 19.8. The molecule has 4 aromatic heterocycles. The van der Waals surface area contributed by atoms with Gasteiger partial charge in [-0.3, -0.25) is 9.36 Å². The van der Waals surface area contributed by atoms with E-state index in [1.165, 1.54) is 35.2 Å². The first kappa shape index (κ1) is 22.8. The monoisotopic (exact) mass is 506 g/mol. The average molecular weight is 506 g/mol. The summed E-state index contributed by atoms with van der Waals surface area (Å²) in [6.07, 6.45) is 4.61. The van der Waals surface area contributed by atoms with Gasteiger partial charge in [0, 0.05) is 35.8 Å². The molecule has 6 rings (SSSR count). The van der Waals surface area contributed by atoms with Crippen molar-refractivity contribution in [1.29, 1.82) is 0 Å². The molecule has 0 unspecified atom stereocenters. The molecule has 12 heteroatoms. The number of oxazole rings is 1. The van der Waals surface area contributed by atoms with E-state index in [0.717, 1.165) is 0 Å². The van der Waals surface area contributed by atoms with Crippen LogP contribution in [0.3, 0.4) is 0 Å². The van der Waals surface area contributed by atoms with Crippen LogP contribution in [-0.4, -0.2) is 49.1 Å². The highest BCUT2D eigenvalue weighted by atomic mass is 19.1. The molecule has 0 saturated carbocycles. The van der Waals surface area contributed by atoms with E-state index < -0.39 is 23.0 Å². The van der Waals surface area contributed by atoms with E-state index in [-0.39, 0.29) is 17.7 Å². The molecule has 0 radical (unpaired) electrons. The Hall–Kier alpha value is -4.61. The Balaban J connectivity index is 1.35. The van der Waals surface area contributed by atoms with Crippen molar-refractivity contribution in [3.8, 4) is 11.1 Å². The highest BCUT2D eigenvalue weighted by molar-refractivity contribution is 5.73. The molecule has 188 valence electrons. The lowest BCUT2D eigenvalue weighted by molar-refractivity contribution is -0.144. The van der Waals surface area contributed by atoms with Crippen LogP contribution < -0.4 is 10.7 Å². The lowest BCUT2D eigenvalue weighted by Crippen LogP contribution is -2.62. The Morgan fingerprint density at radius 1 is 1.19 bits per heavy atom. The lowest BCUT2D eigenvalue weighted by atomic mass is 9.97. The maximum atomic E-state index is 15.1. The number of pyridine rings is 1. The van der Waals surface area contributed by atoms with E-state index in [4.69, 9.17) is 9.15 Å². The quantitative estimate of drug-likeness (QED) is 0.324. The Morgan fingerprint density at radius 3 is 2.68 bits per heavy atom. The zero-order chi connectivity index (χ0) is 25.9. The van der Waals surface area contributed by atoms with Crippen molar-refractivity contribution in [2.24, 2.45) is 0 Å². The topological polar surface area (TPSA) is 108 Å². The smallest absolute Gasteiger partial charge is 0.420 e. The number of imidazole rings is 1. The van der Waals surface area contributed by atoms with Crippen LogP contribution in [0.2, 0.25) is 0 Å². The van der Waals surface area contributed by atoms with Gasteiger partial charge < -0.3 is 18.5 Å². The maximum Gasteiger partial charge on any atom is 0.420 e. The van der Waals surface area contributed by atoms with Gasteiger partial charge in [-0.2, -0.15) is 0 Å². The summed E-state index contributed by atoms with van der Waals surface area (Å²) >= 11 is 0. The van der Waals surface area contributed by atoms with Crippen LogP contribution in [0, 0.1) is 18.6 Å². The maximum absolute atomic E-state index is 15.1. The molecule has 0 spiro atoms. The average Bonchev–Trinajstić information content (AvgIpc) is 3.33. The molecule has 0 aliphatic carbocycles. The first-order valence-electron chi connectivity index (χ1n) is 11.4. The molecule has 0 atom stereocenters. The molecule has 1 saturated heterocycles. The summed E-state index contributed by atoms with van der Waals surface area (Å²) < 4.78 is 42.4. The number of anilines is 1. The lowest BCUT2D eigenvalue weighted by Gasteiger charge is -2.45. The van der Waals surface area contributed by atoms with E-state index in [0.29, 0.717) is 53.6 Å². The molecule has 1 aliphatic rings. The summed E-state index contributed by atoms with van der Waals surface area (Å²) in [6, 6.07) is 5.61. The number of nitrogens with zero attached hydrogens (tertiary/aromatic N) is 6. The van der Waals surface area contributed by atoms with E-state index in [9.17, 15) is 14.0 Å². The van der Waals surface area contributed by atoms with Crippen molar-refractivity contribution >= 4 is 29.2 Å². The number of halogens is 2. The van der Waals surface area contributed by atoms with Crippen LogP contribution in [0.5, 0.6) is 0 Å². The minimum atomic E-state index is -0.707. The first-order valence-corrected chi connectivity index (χ1v) is 11.4. The second-order valence-electron chi connectivity index (χ2n) is 9.24. The molecular weight excluding hydrogens is 486 g/mol. The normalized spacial score (nSPS) is 14.8. The SMILES string of the molecule is Cc1nc2cc(F)c(-c3cnc(N4CC(C)(OC=O)C4)nc3)cn2c1Cn1c(=O)oc2c(F)cccc21. The Kier molecular flexibility index (Phi) is 5.07. The highest BCUT2D eigenvalue weighted by Gasteiger charge is 2.42. The van der Waals surface area contributed by atoms with Crippen molar-refractivity contribution in [2.45, 2.75) is 26.0 Å². The predicted octanol–water partition coefficient (Wildman–Crippen LogP) is 3.09. The van der Waals surface area contributed by atoms with Crippen LogP contribution in [0.4, 0.5) is 14.7 Å². The van der Waals surface area contributed by atoms with Crippen LogP contribution in [0.1, 0.15) is 18.3 Å². The van der Waals surface area contributed by atoms with Crippen LogP contribution in [-0.2, 0) is 16.1 Å². The third-order valence-corrected chi connectivity index (χ3v) is 6.58. The van der Waals surface area contributed by atoms with Gasteiger partial charge in [0.2, 0.25) is 5.95 Å². The summed E-state index contributed by atoms with van der Waals surface area (Å²) in [7, 11) is 0. The predicted molar refractivity (Wildman–Crippen MR) is 128 cm³/mol. The number of rotatable bonds is 6. The number of fused-ring (bicyclic) bond motifs is 2. The van der Waals surface area contributed by atoms with E-state index >= 15 is 4.39 Å². The number of aryl methyl sites for hydroxylation is 1. The van der Waals surface area contributed by atoms with Gasteiger partial charge in [-0.25, -0.2) is 28.5 Å². The van der Waals surface area contributed by atoms with Crippen LogP contribution >= 0.6 is 0 Å². The molecule has 5 aromatic rings. The minimum absolute atomic E-state index is 0.0411. The fraction of sp³-hybridized carbons (Fsp3) is 0.240. The van der Waals surface area contributed by atoms with Crippen LogP contribution in [0.25, 0.3) is 27.9 Å². The second kappa shape index (κ2) is 8.22. The summed E-state index contributed by atoms with van der Waals surface area (Å²) in [4.78, 5) is 38.1. The van der Waals surface area contributed by atoms with Crippen molar-refractivity contribution < 1.29 is 22.7 Å². The number of carbonyl (C=O) groups excluding carboxylic acids is 1. The van der Waals surface area contributed by atoms with Crippen molar-refractivity contribution in [2.75, 3.05) is 18.0 Å². The van der Waals surface area contributed by atoms with Gasteiger partial charge in [0.25, 0.3) is 6.47 Å². The summed E-state index contributed by atoms with van der Waals surface area (Å²) in [5.41, 5.74) is 1.84. The first-order chi connectivity index (χ1) is 17.8. The molecule has 1 fully saturated rings. The van der Waals surface area contributed by atoms with Crippen molar-refractivity contribution in [3.05, 3.63) is 76.4 Å². The standard InChI is InChI=1S/C25H20F2N6O4/c1-14-20(10-33-19-5-3-4-17(26)22(19)37-24(33)35)32-9-16(18(27)6-21(32)30-14)15-7-28-23(29-8-15)31-11-25(2,12-31)36-13-34/h3-9,13H,10-12H2,1-2H3. The number of benzene rings is 1. The Bertz CT molecular complexity index is 1730. The summed E-state index contributed by atoms with van der Waals surface area (Å²) in [6.45, 7) is 4.94. The molecule has 10 nitrogen and oxygen atoms in total. The van der Waals surface area contributed by atoms with Crippen LogP contribution in [0.15, 0.2) is 52.1 Å². The van der Waals surface area contributed by atoms with Gasteiger partial charge in [-0.05, 0) is 26.0 Å². The van der Waals surface area contributed by atoms with Gasteiger partial charge in [0.15, 0.2) is 11.4 Å². The molecule has 5 heterocycles. The highest BCUT2D eigenvalue weighted by Crippen LogP contribution is 2.30. The van der Waals surface area contributed by atoms with E-state index in [1.807, 2.05) is 11.8 Å². The molecule has 0 bridgehead atoms. The van der Waals surface area contributed by atoms with Gasteiger partial charge in [0.05, 0.1) is 36.5 Å². The third-order valence-electron chi connectivity index (χ3n) is 6.58. The summed E-state index contributed by atoms with van der Waals surface area (Å²) in [5.74, 6) is -1.41. The Labute approximate surface area is 207 Å². The number of para-hydroxylation sites is 1. The summed E-state index contributed by atoms with van der Waals surface area (Å²) in [5, 5.41) is 0. The minimum Gasteiger partial charge on any atom is -0.458 e. The van der Waals surface area contributed by atoms with Gasteiger partial charge in [-0.1, -0.05) is 6.07 Å². The number of carbonyl (C=O) groups is 1. The fourth-order valence-corrected chi connectivity index (χ4v) is 4.70. The van der Waals surface area contributed by atoms with E-state index in [1.54, 1.807) is 23.6 Å². The number of hydrogen-bond donors (Lipinski definition) is 0. The van der Waals surface area contributed by atoms with E-state index in [2.05, 4.69) is 15.0 Å². The molecule has 1 aromatic carbocycles. The number of hydrogen-bond acceptors (Lipinski definition) is 8. The zero-order valence-electron chi connectivity index (χ0n) is 19.8. The molecule has 37 heavy (non-hydrogen) atoms. The molecule has 1 aliphatic heterocycles. The number of aromatic nitrogens is 5. The van der Waals surface area contributed by atoms with Gasteiger partial charge in [-0.15, -0.1) is 0 Å². The van der Waals surface area contributed by atoms with Crippen molar-refractivity contribution in [1.82, 2.24) is 23.9 Å². The number of ether oxygens (including phenoxy) is 1. The Morgan fingerprint density at radius 2 is 1.95 bits per heavy atom. The fourth-order valence-electron chi connectivity index (χ4n) is 4.70. The molecule has 0 amide bonds.